The lowest BCUT2D eigenvalue weighted by atomic mass is 10.4. The Morgan fingerprint density at radius 3 is 3.11 bits per heavy atom. The number of aryl methyl sites for hydroxylation is 1. The molecule has 0 spiro atoms. The van der Waals surface area contributed by atoms with E-state index >= 15 is 0 Å². The summed E-state index contributed by atoms with van der Waals surface area (Å²) in [4.78, 5) is 8.52. The van der Waals surface area contributed by atoms with Crippen molar-refractivity contribution in [1.82, 2.24) is 19.6 Å². The second-order valence-corrected chi connectivity index (χ2v) is 4.93. The highest BCUT2D eigenvalue weighted by molar-refractivity contribution is 9.10. The van der Waals surface area contributed by atoms with Gasteiger partial charge in [-0.25, -0.2) is 9.50 Å². The average molecular weight is 322 g/mol. The van der Waals surface area contributed by atoms with Crippen LogP contribution in [-0.2, 0) is 13.0 Å². The third-order valence-corrected chi connectivity index (χ3v) is 3.11. The number of hydrogen-bond donors (Lipinski definition) is 1. The van der Waals surface area contributed by atoms with Gasteiger partial charge in [0, 0.05) is 17.1 Å². The van der Waals surface area contributed by atoms with Crippen molar-refractivity contribution in [3.8, 4) is 0 Å². The summed E-state index contributed by atoms with van der Waals surface area (Å²) in [5.74, 6) is 2.06. The lowest BCUT2D eigenvalue weighted by Crippen LogP contribution is -2.01. The number of oxazole rings is 1. The van der Waals surface area contributed by atoms with Crippen molar-refractivity contribution in [2.24, 2.45) is 0 Å². The fourth-order valence-electron chi connectivity index (χ4n) is 1.68. The van der Waals surface area contributed by atoms with Gasteiger partial charge in [0.1, 0.15) is 5.76 Å². The van der Waals surface area contributed by atoms with Gasteiger partial charge in [0.15, 0.2) is 5.65 Å². The van der Waals surface area contributed by atoms with Gasteiger partial charge >= 0.3 is 0 Å². The van der Waals surface area contributed by atoms with Gasteiger partial charge in [-0.15, -0.1) is 5.10 Å². The minimum atomic E-state index is 0.470. The summed E-state index contributed by atoms with van der Waals surface area (Å²) in [7, 11) is 0. The van der Waals surface area contributed by atoms with Gasteiger partial charge in [-0.2, -0.15) is 4.98 Å². The predicted molar refractivity (Wildman–Crippen MR) is 73.9 cm³/mol. The van der Waals surface area contributed by atoms with E-state index in [2.05, 4.69) is 36.3 Å². The van der Waals surface area contributed by atoms with Gasteiger partial charge in [-0.1, -0.05) is 6.92 Å². The van der Waals surface area contributed by atoms with Gasteiger partial charge in [0.25, 0.3) is 0 Å². The SMILES string of the molecule is CCc1cnc(CNc2nc3ccc(Br)cn3n2)o1. The molecule has 0 saturated carbocycles. The van der Waals surface area contributed by atoms with Crippen LogP contribution < -0.4 is 5.32 Å². The molecule has 0 aliphatic heterocycles. The molecule has 7 heteroatoms. The quantitative estimate of drug-likeness (QED) is 0.800. The van der Waals surface area contributed by atoms with Gasteiger partial charge in [-0.3, -0.25) is 0 Å². The topological polar surface area (TPSA) is 68.2 Å². The second kappa shape index (κ2) is 5.00. The molecule has 1 N–H and O–H groups in total. The molecule has 0 saturated heterocycles. The van der Waals surface area contributed by atoms with Crippen molar-refractivity contribution in [3.63, 3.8) is 0 Å². The first-order valence-corrected chi connectivity index (χ1v) is 6.73. The molecule has 0 radical (unpaired) electrons. The Hall–Kier alpha value is -1.89. The van der Waals surface area contributed by atoms with E-state index in [0.717, 1.165) is 22.3 Å². The van der Waals surface area contributed by atoms with E-state index in [0.29, 0.717) is 18.4 Å². The Morgan fingerprint density at radius 2 is 2.32 bits per heavy atom. The molecule has 0 bridgehead atoms. The van der Waals surface area contributed by atoms with Crippen LogP contribution in [0.3, 0.4) is 0 Å². The van der Waals surface area contributed by atoms with Crippen LogP contribution in [0.5, 0.6) is 0 Å². The van der Waals surface area contributed by atoms with E-state index < -0.39 is 0 Å². The number of nitrogens with zero attached hydrogens (tertiary/aromatic N) is 4. The van der Waals surface area contributed by atoms with Gasteiger partial charge in [-0.05, 0) is 28.1 Å². The number of anilines is 1. The van der Waals surface area contributed by atoms with Crippen LogP contribution in [0, 0.1) is 0 Å². The van der Waals surface area contributed by atoms with Crippen LogP contribution in [0.4, 0.5) is 5.95 Å². The van der Waals surface area contributed by atoms with E-state index in [1.807, 2.05) is 25.3 Å². The average Bonchev–Trinajstić information content (AvgIpc) is 3.01. The van der Waals surface area contributed by atoms with Crippen LogP contribution in [0.15, 0.2) is 33.4 Å². The summed E-state index contributed by atoms with van der Waals surface area (Å²) in [6.07, 6.45) is 4.44. The second-order valence-electron chi connectivity index (χ2n) is 4.01. The zero-order valence-electron chi connectivity index (χ0n) is 10.3. The Bertz CT molecular complexity index is 705. The maximum Gasteiger partial charge on any atom is 0.243 e. The molecule has 0 atom stereocenters. The predicted octanol–water partition coefficient (Wildman–Crippen LogP) is 2.65. The summed E-state index contributed by atoms with van der Waals surface area (Å²) >= 11 is 3.39. The molecule has 0 aliphatic rings. The summed E-state index contributed by atoms with van der Waals surface area (Å²) < 4.78 is 8.17. The Labute approximate surface area is 118 Å². The van der Waals surface area contributed by atoms with Gasteiger partial charge in [0.05, 0.1) is 12.7 Å². The number of rotatable bonds is 4. The molecule has 0 aromatic carbocycles. The monoisotopic (exact) mass is 321 g/mol. The smallest absolute Gasteiger partial charge is 0.243 e. The van der Waals surface area contributed by atoms with Crippen LogP contribution in [0.2, 0.25) is 0 Å². The van der Waals surface area contributed by atoms with E-state index in [4.69, 9.17) is 4.42 Å². The Morgan fingerprint density at radius 1 is 1.42 bits per heavy atom. The van der Waals surface area contributed by atoms with Crippen molar-refractivity contribution in [1.29, 1.82) is 0 Å². The maximum absolute atomic E-state index is 5.50. The highest BCUT2D eigenvalue weighted by Gasteiger charge is 2.06. The third-order valence-electron chi connectivity index (χ3n) is 2.64. The first-order chi connectivity index (χ1) is 9.24. The number of halogens is 1. The summed E-state index contributed by atoms with van der Waals surface area (Å²) in [6.45, 7) is 2.50. The Balaban J connectivity index is 1.74. The maximum atomic E-state index is 5.50. The zero-order chi connectivity index (χ0) is 13.2. The van der Waals surface area contributed by atoms with Crippen LogP contribution in [0.25, 0.3) is 5.65 Å². The standard InChI is InChI=1S/C12H12BrN5O/c1-2-9-5-14-11(19-9)6-15-12-16-10-4-3-8(13)7-18(10)17-12/h3-5,7H,2,6H2,1H3,(H,15,17). The van der Waals surface area contributed by atoms with E-state index in [1.54, 1.807) is 10.7 Å². The van der Waals surface area contributed by atoms with Crippen LogP contribution in [-0.4, -0.2) is 19.6 Å². The largest absolute Gasteiger partial charge is 0.444 e. The first kappa shape index (κ1) is 12.2. The van der Waals surface area contributed by atoms with Gasteiger partial charge in [0.2, 0.25) is 11.8 Å². The molecule has 0 aliphatic carbocycles. The van der Waals surface area contributed by atoms with Crippen molar-refractivity contribution < 1.29 is 4.42 Å². The molecule has 19 heavy (non-hydrogen) atoms. The highest BCUT2D eigenvalue weighted by atomic mass is 79.9. The lowest BCUT2D eigenvalue weighted by molar-refractivity contribution is 0.465. The molecule has 0 fully saturated rings. The molecule has 6 nitrogen and oxygen atoms in total. The lowest BCUT2D eigenvalue weighted by Gasteiger charge is -1.96. The summed E-state index contributed by atoms with van der Waals surface area (Å²) in [5, 5.41) is 7.40. The third kappa shape index (κ3) is 2.60. The van der Waals surface area contributed by atoms with Crippen molar-refractivity contribution in [2.45, 2.75) is 19.9 Å². The van der Waals surface area contributed by atoms with E-state index in [-0.39, 0.29) is 0 Å². The van der Waals surface area contributed by atoms with E-state index in [9.17, 15) is 0 Å². The molecule has 0 amide bonds. The minimum Gasteiger partial charge on any atom is -0.444 e. The van der Waals surface area contributed by atoms with E-state index in [1.165, 1.54) is 0 Å². The molecule has 98 valence electrons. The van der Waals surface area contributed by atoms with Crippen LogP contribution in [0.1, 0.15) is 18.6 Å². The van der Waals surface area contributed by atoms with Crippen molar-refractivity contribution in [3.05, 3.63) is 40.7 Å². The highest BCUT2D eigenvalue weighted by Crippen LogP contribution is 2.13. The minimum absolute atomic E-state index is 0.470. The molecule has 3 aromatic heterocycles. The molecular weight excluding hydrogens is 310 g/mol. The van der Waals surface area contributed by atoms with Crippen molar-refractivity contribution >= 4 is 27.5 Å². The summed E-state index contributed by atoms with van der Waals surface area (Å²) in [6, 6.07) is 3.82. The number of aromatic nitrogens is 4. The molecule has 3 heterocycles. The van der Waals surface area contributed by atoms with Crippen LogP contribution >= 0.6 is 15.9 Å². The molecular formula is C12H12BrN5O. The number of hydrogen-bond acceptors (Lipinski definition) is 5. The molecule has 3 rings (SSSR count). The zero-order valence-corrected chi connectivity index (χ0v) is 11.9. The number of pyridine rings is 1. The Kier molecular flexibility index (Phi) is 3.20. The van der Waals surface area contributed by atoms with Gasteiger partial charge < -0.3 is 9.73 Å². The fraction of sp³-hybridized carbons (Fsp3) is 0.250. The molecule has 0 unspecified atom stereocenters. The first-order valence-electron chi connectivity index (χ1n) is 5.94. The molecule has 3 aromatic rings. The summed E-state index contributed by atoms with van der Waals surface area (Å²) in [5.41, 5.74) is 0.785. The normalized spacial score (nSPS) is 11.1. The number of nitrogens with one attached hydrogen (secondary N) is 1. The van der Waals surface area contributed by atoms with Crippen molar-refractivity contribution in [2.75, 3.05) is 5.32 Å². The number of fused-ring (bicyclic) bond motifs is 1. The fourth-order valence-corrected chi connectivity index (χ4v) is 2.01.